The smallest absolute Gasteiger partial charge is 0.126 e. The van der Waals surface area contributed by atoms with E-state index in [2.05, 4.69) is 56.9 Å². The van der Waals surface area contributed by atoms with E-state index in [1.807, 2.05) is 0 Å². The summed E-state index contributed by atoms with van der Waals surface area (Å²) in [6, 6.07) is 8.36. The SMILES string of the molecule is Cc1ccc(C#C[C@@]2(O)CC[C@@]3(C)[C@@H](CC[C@H]4[C@@H]5CCC[C@@]5(C)CC[C@@H]43)C2)cc1. The summed E-state index contributed by atoms with van der Waals surface area (Å²) in [6.45, 7) is 7.27. The van der Waals surface area contributed by atoms with Crippen LogP contribution in [0.2, 0.25) is 0 Å². The van der Waals surface area contributed by atoms with Gasteiger partial charge in [-0.15, -0.1) is 0 Å². The van der Waals surface area contributed by atoms with Crippen LogP contribution in [-0.2, 0) is 0 Å². The van der Waals surface area contributed by atoms with Crippen molar-refractivity contribution < 1.29 is 5.11 Å². The first-order chi connectivity index (χ1) is 13.8. The molecule has 0 aliphatic heterocycles. The minimum Gasteiger partial charge on any atom is -0.378 e. The summed E-state index contributed by atoms with van der Waals surface area (Å²) in [5.41, 5.74) is 2.54. The van der Waals surface area contributed by atoms with E-state index in [9.17, 15) is 5.11 Å². The van der Waals surface area contributed by atoms with Gasteiger partial charge in [0.1, 0.15) is 5.60 Å². The van der Waals surface area contributed by atoms with E-state index in [4.69, 9.17) is 0 Å². The van der Waals surface area contributed by atoms with Crippen molar-refractivity contribution in [3.63, 3.8) is 0 Å². The summed E-state index contributed by atoms with van der Waals surface area (Å²) in [5, 5.41) is 11.4. The Morgan fingerprint density at radius 1 is 0.897 bits per heavy atom. The highest BCUT2D eigenvalue weighted by Crippen LogP contribution is 2.66. The molecule has 1 nitrogen and oxygen atoms in total. The van der Waals surface area contributed by atoms with Crippen LogP contribution in [0.15, 0.2) is 24.3 Å². The number of rotatable bonds is 0. The molecule has 0 amide bonds. The van der Waals surface area contributed by atoms with Crippen LogP contribution in [0, 0.1) is 53.3 Å². The second-order valence-electron chi connectivity index (χ2n) is 11.6. The fourth-order valence-corrected chi connectivity index (χ4v) is 8.18. The highest BCUT2D eigenvalue weighted by atomic mass is 16.3. The second-order valence-corrected chi connectivity index (χ2v) is 11.6. The predicted molar refractivity (Wildman–Crippen MR) is 119 cm³/mol. The first-order valence-electron chi connectivity index (χ1n) is 12.1. The van der Waals surface area contributed by atoms with Crippen molar-refractivity contribution in [1.82, 2.24) is 0 Å². The van der Waals surface area contributed by atoms with Crippen molar-refractivity contribution in [2.24, 2.45) is 34.5 Å². The van der Waals surface area contributed by atoms with Crippen LogP contribution < -0.4 is 0 Å². The lowest BCUT2D eigenvalue weighted by molar-refractivity contribution is -0.133. The number of benzene rings is 1. The van der Waals surface area contributed by atoms with E-state index in [1.165, 1.54) is 50.5 Å². The molecule has 1 heteroatoms. The van der Waals surface area contributed by atoms with E-state index in [0.717, 1.165) is 42.6 Å². The van der Waals surface area contributed by atoms with Gasteiger partial charge >= 0.3 is 0 Å². The number of aliphatic hydroxyl groups is 1. The summed E-state index contributed by atoms with van der Waals surface area (Å²) < 4.78 is 0. The van der Waals surface area contributed by atoms with Gasteiger partial charge in [-0.25, -0.2) is 0 Å². The Morgan fingerprint density at radius 2 is 1.69 bits per heavy atom. The molecule has 0 bridgehead atoms. The second kappa shape index (κ2) is 6.88. The molecule has 1 N–H and O–H groups in total. The molecule has 4 aliphatic rings. The third-order valence-electron chi connectivity index (χ3n) is 10.00. The zero-order valence-corrected chi connectivity index (χ0v) is 18.6. The Hall–Kier alpha value is -1.26. The van der Waals surface area contributed by atoms with Crippen LogP contribution in [0.25, 0.3) is 0 Å². The summed E-state index contributed by atoms with van der Waals surface area (Å²) >= 11 is 0. The third-order valence-corrected chi connectivity index (χ3v) is 10.00. The lowest BCUT2D eigenvalue weighted by atomic mass is 9.44. The summed E-state index contributed by atoms with van der Waals surface area (Å²) in [4.78, 5) is 0. The van der Waals surface area contributed by atoms with Gasteiger partial charge in [-0.2, -0.15) is 0 Å². The van der Waals surface area contributed by atoms with Gasteiger partial charge in [0.25, 0.3) is 0 Å². The Balaban J connectivity index is 1.34. The molecule has 0 aromatic heterocycles. The molecule has 4 fully saturated rings. The van der Waals surface area contributed by atoms with Crippen LogP contribution >= 0.6 is 0 Å². The third kappa shape index (κ3) is 3.27. The van der Waals surface area contributed by atoms with Crippen LogP contribution in [0.5, 0.6) is 0 Å². The fraction of sp³-hybridized carbons (Fsp3) is 0.714. The zero-order chi connectivity index (χ0) is 20.3. The molecule has 0 heterocycles. The van der Waals surface area contributed by atoms with Gasteiger partial charge in [-0.05, 0) is 111 Å². The number of hydrogen-bond acceptors (Lipinski definition) is 1. The molecule has 1 aromatic rings. The maximum absolute atomic E-state index is 11.4. The standard InChI is InChI=1S/C28H38O/c1-20-6-8-21(9-7-20)12-16-28(29)18-17-27(3)22(19-28)10-11-23-24-5-4-14-26(24,2)15-13-25(23)27/h6-9,22-25,29H,4-5,10-11,13-15,17-19H2,1-3H3/t22-,23-,24-,25-,26-,27-,28+/m0/s1. The molecular weight excluding hydrogens is 352 g/mol. The molecule has 4 aliphatic carbocycles. The average Bonchev–Trinajstić information content (AvgIpc) is 3.10. The number of fused-ring (bicyclic) bond motifs is 5. The van der Waals surface area contributed by atoms with Crippen LogP contribution in [0.1, 0.15) is 89.2 Å². The van der Waals surface area contributed by atoms with E-state index >= 15 is 0 Å². The highest BCUT2D eigenvalue weighted by Gasteiger charge is 2.59. The lowest BCUT2D eigenvalue weighted by Crippen LogP contribution is -2.55. The summed E-state index contributed by atoms with van der Waals surface area (Å²) in [6.07, 6.45) is 12.9. The van der Waals surface area contributed by atoms with E-state index in [1.54, 1.807) is 0 Å². The maximum Gasteiger partial charge on any atom is 0.126 e. The Morgan fingerprint density at radius 3 is 2.48 bits per heavy atom. The van der Waals surface area contributed by atoms with Crippen LogP contribution in [-0.4, -0.2) is 10.7 Å². The van der Waals surface area contributed by atoms with Crippen LogP contribution in [0.3, 0.4) is 0 Å². The molecule has 156 valence electrons. The summed E-state index contributed by atoms with van der Waals surface area (Å²) in [7, 11) is 0. The van der Waals surface area contributed by atoms with Gasteiger partial charge in [-0.1, -0.05) is 49.8 Å². The average molecular weight is 391 g/mol. The molecule has 0 spiro atoms. The first-order valence-corrected chi connectivity index (χ1v) is 12.1. The molecule has 1 aromatic carbocycles. The van der Waals surface area contributed by atoms with E-state index in [-0.39, 0.29) is 0 Å². The molecule has 29 heavy (non-hydrogen) atoms. The van der Waals surface area contributed by atoms with Crippen molar-refractivity contribution in [2.75, 3.05) is 0 Å². The van der Waals surface area contributed by atoms with Gasteiger partial charge < -0.3 is 5.11 Å². The fourth-order valence-electron chi connectivity index (χ4n) is 8.18. The van der Waals surface area contributed by atoms with Gasteiger partial charge in [0, 0.05) is 5.56 Å². The maximum atomic E-state index is 11.4. The normalized spacial score (nSPS) is 46.1. The molecule has 0 saturated heterocycles. The Bertz CT molecular complexity index is 828. The molecule has 0 unspecified atom stereocenters. The van der Waals surface area contributed by atoms with Gasteiger partial charge in [0.2, 0.25) is 0 Å². The quantitative estimate of drug-likeness (QED) is 0.501. The predicted octanol–water partition coefficient (Wildman–Crippen LogP) is 6.51. The number of hydrogen-bond donors (Lipinski definition) is 1. The van der Waals surface area contributed by atoms with Crippen LogP contribution in [0.4, 0.5) is 0 Å². The van der Waals surface area contributed by atoms with Gasteiger partial charge in [0.05, 0.1) is 0 Å². The number of aryl methyl sites for hydroxylation is 1. The minimum atomic E-state index is -0.793. The molecule has 0 radical (unpaired) electrons. The molecule has 5 rings (SSSR count). The largest absolute Gasteiger partial charge is 0.378 e. The van der Waals surface area contributed by atoms with Gasteiger partial charge in [-0.3, -0.25) is 0 Å². The van der Waals surface area contributed by atoms with Gasteiger partial charge in [0.15, 0.2) is 0 Å². The zero-order valence-electron chi connectivity index (χ0n) is 18.6. The molecule has 7 atom stereocenters. The van der Waals surface area contributed by atoms with E-state index in [0.29, 0.717) is 16.7 Å². The monoisotopic (exact) mass is 390 g/mol. The van der Waals surface area contributed by atoms with Crippen molar-refractivity contribution in [3.8, 4) is 11.8 Å². The van der Waals surface area contributed by atoms with Crippen molar-refractivity contribution in [1.29, 1.82) is 0 Å². The Kier molecular flexibility index (Phi) is 4.67. The van der Waals surface area contributed by atoms with E-state index < -0.39 is 5.60 Å². The molecular formula is C28H38O. The topological polar surface area (TPSA) is 20.2 Å². The lowest BCUT2D eigenvalue weighted by Gasteiger charge is -2.61. The van der Waals surface area contributed by atoms with Crippen molar-refractivity contribution in [2.45, 2.75) is 90.6 Å². The first kappa shape index (κ1) is 19.7. The molecule has 4 saturated carbocycles. The van der Waals surface area contributed by atoms with Crippen molar-refractivity contribution >= 4 is 0 Å². The van der Waals surface area contributed by atoms with Crippen molar-refractivity contribution in [3.05, 3.63) is 35.4 Å². The Labute approximate surface area is 177 Å². The minimum absolute atomic E-state index is 0.421. The highest BCUT2D eigenvalue weighted by molar-refractivity contribution is 5.38. The summed E-state index contributed by atoms with van der Waals surface area (Å²) in [5.74, 6) is 10.0.